The summed E-state index contributed by atoms with van der Waals surface area (Å²) >= 11 is 6.46. The first-order chi connectivity index (χ1) is 14.9. The summed E-state index contributed by atoms with van der Waals surface area (Å²) in [6.07, 6.45) is 2.80. The maximum atomic E-state index is 13.2. The highest BCUT2D eigenvalue weighted by molar-refractivity contribution is 6.32. The predicted octanol–water partition coefficient (Wildman–Crippen LogP) is 5.52. The van der Waals surface area contributed by atoms with Gasteiger partial charge in [-0.1, -0.05) is 23.7 Å². The van der Waals surface area contributed by atoms with E-state index in [2.05, 4.69) is 0 Å². The first kappa shape index (κ1) is 21.0. The standard InChI is InChI=1S/C24H20ClFO5/c25-20-12-22(30-13-23(28)29)18-2-1-3-19(18)24(20)31-17-8-9-21(27)15(11-17)10-14-4-6-16(26)7-5-14/h4-9,11-12,27H,1-3,10,13H2,(H,28,29). The van der Waals surface area contributed by atoms with Gasteiger partial charge >= 0.3 is 5.97 Å². The third-order valence-electron chi connectivity index (χ3n) is 5.19. The summed E-state index contributed by atoms with van der Waals surface area (Å²) in [4.78, 5) is 10.9. The average Bonchev–Trinajstić information content (AvgIpc) is 3.22. The normalized spacial score (nSPS) is 12.5. The quantitative estimate of drug-likeness (QED) is 0.504. The molecular formula is C24H20ClFO5. The maximum Gasteiger partial charge on any atom is 0.341 e. The molecule has 0 saturated carbocycles. The van der Waals surface area contributed by atoms with Gasteiger partial charge in [0.1, 0.15) is 28.8 Å². The van der Waals surface area contributed by atoms with Crippen LogP contribution in [0.1, 0.15) is 28.7 Å². The van der Waals surface area contributed by atoms with Crippen LogP contribution < -0.4 is 9.47 Å². The highest BCUT2D eigenvalue weighted by Crippen LogP contribution is 2.44. The molecule has 7 heteroatoms. The Labute approximate surface area is 183 Å². The topological polar surface area (TPSA) is 76.0 Å². The van der Waals surface area contributed by atoms with E-state index in [1.807, 2.05) is 0 Å². The number of hydrogen-bond acceptors (Lipinski definition) is 4. The van der Waals surface area contributed by atoms with Gasteiger partial charge in [-0.05, 0) is 55.2 Å². The van der Waals surface area contributed by atoms with E-state index in [-0.39, 0.29) is 11.6 Å². The molecule has 0 atom stereocenters. The Hall–Kier alpha value is -3.25. The fourth-order valence-electron chi connectivity index (χ4n) is 3.76. The van der Waals surface area contributed by atoms with E-state index >= 15 is 0 Å². The van der Waals surface area contributed by atoms with E-state index in [9.17, 15) is 14.3 Å². The van der Waals surface area contributed by atoms with Gasteiger partial charge in [-0.2, -0.15) is 0 Å². The number of rotatable bonds is 7. The van der Waals surface area contributed by atoms with Crippen LogP contribution in [0.4, 0.5) is 4.39 Å². The number of phenolic OH excluding ortho intramolecular Hbond substituents is 1. The van der Waals surface area contributed by atoms with Gasteiger partial charge in [0.15, 0.2) is 6.61 Å². The Balaban J connectivity index is 1.61. The number of carboxylic acids is 1. The molecule has 0 amide bonds. The number of aliphatic carboxylic acids is 1. The second-order valence-electron chi connectivity index (χ2n) is 7.37. The van der Waals surface area contributed by atoms with Gasteiger partial charge in [0.25, 0.3) is 0 Å². The van der Waals surface area contributed by atoms with E-state index < -0.39 is 12.6 Å². The molecule has 1 aliphatic carbocycles. The van der Waals surface area contributed by atoms with Crippen molar-refractivity contribution < 1.29 is 28.9 Å². The van der Waals surface area contributed by atoms with Crippen molar-refractivity contribution in [1.29, 1.82) is 0 Å². The van der Waals surface area contributed by atoms with Crippen LogP contribution in [0.15, 0.2) is 48.5 Å². The van der Waals surface area contributed by atoms with Crippen molar-refractivity contribution in [3.8, 4) is 23.0 Å². The highest BCUT2D eigenvalue weighted by atomic mass is 35.5. The molecule has 0 spiro atoms. The van der Waals surface area contributed by atoms with Crippen molar-refractivity contribution >= 4 is 17.6 Å². The molecule has 4 rings (SSSR count). The largest absolute Gasteiger partial charge is 0.508 e. The molecule has 0 aliphatic heterocycles. The molecule has 0 radical (unpaired) electrons. The fourth-order valence-corrected chi connectivity index (χ4v) is 4.02. The number of ether oxygens (including phenoxy) is 2. The number of aromatic hydroxyl groups is 1. The molecule has 0 bridgehead atoms. The van der Waals surface area contributed by atoms with Crippen molar-refractivity contribution in [3.63, 3.8) is 0 Å². The zero-order chi connectivity index (χ0) is 22.0. The summed E-state index contributed by atoms with van der Waals surface area (Å²) in [6, 6.07) is 12.6. The van der Waals surface area contributed by atoms with Crippen LogP contribution in [0.3, 0.4) is 0 Å². The lowest BCUT2D eigenvalue weighted by molar-refractivity contribution is -0.139. The lowest BCUT2D eigenvalue weighted by Crippen LogP contribution is -2.10. The van der Waals surface area contributed by atoms with Crippen LogP contribution >= 0.6 is 11.6 Å². The zero-order valence-corrected chi connectivity index (χ0v) is 17.3. The number of benzene rings is 3. The van der Waals surface area contributed by atoms with Crippen LogP contribution in [0, 0.1) is 5.82 Å². The van der Waals surface area contributed by atoms with E-state index in [0.717, 1.165) is 36.0 Å². The average molecular weight is 443 g/mol. The fraction of sp³-hybridized carbons (Fsp3) is 0.208. The molecular weight excluding hydrogens is 423 g/mol. The van der Waals surface area contributed by atoms with E-state index in [1.54, 1.807) is 36.4 Å². The van der Waals surface area contributed by atoms with Gasteiger partial charge in [0, 0.05) is 29.2 Å². The first-order valence-electron chi connectivity index (χ1n) is 9.83. The van der Waals surface area contributed by atoms with Crippen molar-refractivity contribution in [2.75, 3.05) is 6.61 Å². The molecule has 5 nitrogen and oxygen atoms in total. The summed E-state index contributed by atoms with van der Waals surface area (Å²) in [6.45, 7) is -0.437. The van der Waals surface area contributed by atoms with E-state index in [1.165, 1.54) is 12.1 Å². The molecule has 31 heavy (non-hydrogen) atoms. The number of fused-ring (bicyclic) bond motifs is 1. The monoisotopic (exact) mass is 442 g/mol. The Morgan fingerprint density at radius 1 is 1.06 bits per heavy atom. The summed E-state index contributed by atoms with van der Waals surface area (Å²) < 4.78 is 24.7. The zero-order valence-electron chi connectivity index (χ0n) is 16.5. The van der Waals surface area contributed by atoms with Crippen molar-refractivity contribution in [3.05, 3.63) is 81.6 Å². The minimum absolute atomic E-state index is 0.116. The summed E-state index contributed by atoms with van der Waals surface area (Å²) in [7, 11) is 0. The lowest BCUT2D eigenvalue weighted by Gasteiger charge is -2.17. The third-order valence-corrected chi connectivity index (χ3v) is 5.47. The SMILES string of the molecule is O=C(O)COc1cc(Cl)c(Oc2ccc(O)c(Cc3ccc(F)cc3)c2)c2c1CCC2. The predicted molar refractivity (Wildman–Crippen MR) is 114 cm³/mol. The lowest BCUT2D eigenvalue weighted by atomic mass is 10.0. The number of hydrogen-bond donors (Lipinski definition) is 2. The molecule has 0 unspecified atom stereocenters. The third kappa shape index (κ3) is 4.75. The summed E-state index contributed by atoms with van der Waals surface area (Å²) in [5, 5.41) is 19.5. The minimum atomic E-state index is -1.05. The van der Waals surface area contributed by atoms with Gasteiger partial charge in [-0.25, -0.2) is 9.18 Å². The van der Waals surface area contributed by atoms with Crippen LogP contribution in [0.25, 0.3) is 0 Å². The molecule has 1 aliphatic rings. The Morgan fingerprint density at radius 3 is 2.55 bits per heavy atom. The van der Waals surface area contributed by atoms with Crippen molar-refractivity contribution in [2.45, 2.75) is 25.7 Å². The molecule has 0 fully saturated rings. The van der Waals surface area contributed by atoms with Gasteiger partial charge in [0.05, 0.1) is 5.02 Å². The molecule has 3 aromatic carbocycles. The smallest absolute Gasteiger partial charge is 0.341 e. The van der Waals surface area contributed by atoms with E-state index in [0.29, 0.717) is 34.3 Å². The Morgan fingerprint density at radius 2 is 1.81 bits per heavy atom. The highest BCUT2D eigenvalue weighted by Gasteiger charge is 2.24. The van der Waals surface area contributed by atoms with Gasteiger partial charge in [0.2, 0.25) is 0 Å². The Kier molecular flexibility index (Phi) is 6.00. The Bertz CT molecular complexity index is 1130. The second-order valence-corrected chi connectivity index (χ2v) is 7.78. The van der Waals surface area contributed by atoms with Crippen LogP contribution in [0.5, 0.6) is 23.0 Å². The summed E-state index contributed by atoms with van der Waals surface area (Å²) in [5.41, 5.74) is 3.30. The maximum absolute atomic E-state index is 13.2. The molecule has 0 heterocycles. The van der Waals surface area contributed by atoms with Crippen molar-refractivity contribution in [1.82, 2.24) is 0 Å². The number of halogens is 2. The summed E-state index contributed by atoms with van der Waals surface area (Å²) in [5.74, 6) is 0.228. The molecule has 2 N–H and O–H groups in total. The second kappa shape index (κ2) is 8.86. The van der Waals surface area contributed by atoms with E-state index in [4.69, 9.17) is 26.2 Å². The van der Waals surface area contributed by atoms with Gasteiger partial charge < -0.3 is 19.7 Å². The number of carboxylic acid groups (broad SMARTS) is 1. The minimum Gasteiger partial charge on any atom is -0.508 e. The van der Waals surface area contributed by atoms with Crippen molar-refractivity contribution in [2.24, 2.45) is 0 Å². The van der Waals surface area contributed by atoms with Crippen LogP contribution in [-0.2, 0) is 24.1 Å². The molecule has 160 valence electrons. The first-order valence-corrected chi connectivity index (χ1v) is 10.2. The molecule has 0 aromatic heterocycles. The number of carbonyl (C=O) groups is 1. The van der Waals surface area contributed by atoms with Crippen LogP contribution in [-0.4, -0.2) is 22.8 Å². The molecule has 0 saturated heterocycles. The molecule has 3 aromatic rings. The van der Waals surface area contributed by atoms with Gasteiger partial charge in [-0.15, -0.1) is 0 Å². The van der Waals surface area contributed by atoms with Crippen LogP contribution in [0.2, 0.25) is 5.02 Å². The van der Waals surface area contributed by atoms with Gasteiger partial charge in [-0.3, -0.25) is 0 Å². The number of phenols is 1.